The minimum Gasteiger partial charge on any atom is -0.508 e. The predicted octanol–water partition coefficient (Wildman–Crippen LogP) is 4.18. The van der Waals surface area contributed by atoms with Crippen LogP contribution in [-0.2, 0) is 6.54 Å². The van der Waals surface area contributed by atoms with Gasteiger partial charge in [-0.05, 0) is 36.5 Å². The molecule has 19 heavy (non-hydrogen) atoms. The van der Waals surface area contributed by atoms with Gasteiger partial charge >= 0.3 is 0 Å². The first-order valence-corrected chi connectivity index (χ1v) is 7.18. The molecule has 3 heteroatoms. The molecule has 0 unspecified atom stereocenters. The van der Waals surface area contributed by atoms with Crippen LogP contribution in [0.3, 0.4) is 0 Å². The molecule has 0 bridgehead atoms. The van der Waals surface area contributed by atoms with Gasteiger partial charge in [-0.2, -0.15) is 0 Å². The van der Waals surface area contributed by atoms with Gasteiger partial charge in [-0.1, -0.05) is 27.7 Å². The Hall–Kier alpha value is -1.09. The smallest absolute Gasteiger partial charge is 0.127 e. The van der Waals surface area contributed by atoms with Crippen LogP contribution in [0.25, 0.3) is 0 Å². The molecule has 108 valence electrons. The number of aromatic hydroxyl groups is 1. The van der Waals surface area contributed by atoms with E-state index in [0.29, 0.717) is 18.5 Å². The average Bonchev–Trinajstić information content (AvgIpc) is 2.28. The minimum absolute atomic E-state index is 0.00374. The number of hydrogen-bond donors (Lipinski definition) is 1. The number of nitrogens with zero attached hydrogens (tertiary/aromatic N) is 1. The summed E-state index contributed by atoms with van der Waals surface area (Å²) in [6.07, 6.45) is 2.18. The van der Waals surface area contributed by atoms with Crippen molar-refractivity contribution < 1.29 is 9.50 Å². The van der Waals surface area contributed by atoms with E-state index in [2.05, 4.69) is 32.6 Å². The van der Waals surface area contributed by atoms with Crippen molar-refractivity contribution in [2.24, 2.45) is 5.92 Å². The summed E-state index contributed by atoms with van der Waals surface area (Å²) in [7, 11) is 0. The van der Waals surface area contributed by atoms with E-state index in [9.17, 15) is 9.50 Å². The van der Waals surface area contributed by atoms with Crippen LogP contribution in [0.2, 0.25) is 0 Å². The first kappa shape index (κ1) is 16.0. The van der Waals surface area contributed by atoms with Gasteiger partial charge in [0.25, 0.3) is 0 Å². The third-order valence-electron chi connectivity index (χ3n) is 3.39. The lowest BCUT2D eigenvalue weighted by atomic mass is 10.1. The molecule has 0 aromatic heterocycles. The zero-order valence-corrected chi connectivity index (χ0v) is 12.5. The minimum atomic E-state index is -0.371. The second kappa shape index (κ2) is 7.49. The normalized spacial score (nSPS) is 11.8. The van der Waals surface area contributed by atoms with Gasteiger partial charge in [0.15, 0.2) is 0 Å². The van der Waals surface area contributed by atoms with Crippen molar-refractivity contribution in [3.8, 4) is 5.75 Å². The van der Waals surface area contributed by atoms with E-state index < -0.39 is 0 Å². The Morgan fingerprint density at radius 2 is 1.79 bits per heavy atom. The predicted molar refractivity (Wildman–Crippen MR) is 77.7 cm³/mol. The monoisotopic (exact) mass is 267 g/mol. The van der Waals surface area contributed by atoms with Crippen LogP contribution < -0.4 is 0 Å². The van der Waals surface area contributed by atoms with Crippen molar-refractivity contribution in [1.82, 2.24) is 4.90 Å². The van der Waals surface area contributed by atoms with Crippen LogP contribution >= 0.6 is 0 Å². The Labute approximate surface area is 116 Å². The maximum absolute atomic E-state index is 13.3. The van der Waals surface area contributed by atoms with Crippen molar-refractivity contribution >= 4 is 0 Å². The van der Waals surface area contributed by atoms with Crippen LogP contribution in [0.1, 0.15) is 46.1 Å². The summed E-state index contributed by atoms with van der Waals surface area (Å²) in [4.78, 5) is 2.39. The highest BCUT2D eigenvalue weighted by atomic mass is 19.1. The fourth-order valence-corrected chi connectivity index (χ4v) is 2.58. The Morgan fingerprint density at radius 1 is 1.16 bits per heavy atom. The maximum Gasteiger partial charge on any atom is 0.127 e. The van der Waals surface area contributed by atoms with Crippen molar-refractivity contribution in [2.75, 3.05) is 6.54 Å². The number of benzene rings is 1. The summed E-state index contributed by atoms with van der Waals surface area (Å²) < 4.78 is 13.3. The first-order valence-electron chi connectivity index (χ1n) is 7.18. The van der Waals surface area contributed by atoms with Crippen molar-refractivity contribution in [3.05, 3.63) is 29.6 Å². The van der Waals surface area contributed by atoms with Gasteiger partial charge in [0, 0.05) is 25.2 Å². The molecule has 1 N–H and O–H groups in total. The molecular weight excluding hydrogens is 241 g/mol. The van der Waals surface area contributed by atoms with E-state index in [1.165, 1.54) is 6.07 Å². The molecule has 0 saturated heterocycles. The Bertz CT molecular complexity index is 368. The SMILES string of the molecule is CCC(CC)N(Cc1cc(O)cc(F)c1)CC(C)C. The Balaban J connectivity index is 2.86. The van der Waals surface area contributed by atoms with Crippen LogP contribution in [-0.4, -0.2) is 22.6 Å². The van der Waals surface area contributed by atoms with E-state index in [-0.39, 0.29) is 11.6 Å². The number of phenols is 1. The van der Waals surface area contributed by atoms with Gasteiger partial charge in [-0.15, -0.1) is 0 Å². The summed E-state index contributed by atoms with van der Waals surface area (Å²) >= 11 is 0. The Morgan fingerprint density at radius 3 is 2.26 bits per heavy atom. The highest BCUT2D eigenvalue weighted by molar-refractivity contribution is 5.28. The van der Waals surface area contributed by atoms with Crippen LogP contribution in [0, 0.1) is 11.7 Å². The molecule has 1 aromatic carbocycles. The molecule has 1 aromatic rings. The van der Waals surface area contributed by atoms with Gasteiger partial charge < -0.3 is 5.11 Å². The number of hydrogen-bond acceptors (Lipinski definition) is 2. The molecule has 0 aliphatic rings. The summed E-state index contributed by atoms with van der Waals surface area (Å²) in [5, 5.41) is 9.48. The first-order chi connectivity index (χ1) is 8.96. The maximum atomic E-state index is 13.3. The second-order valence-corrected chi connectivity index (χ2v) is 5.61. The Kier molecular flexibility index (Phi) is 6.29. The number of phenolic OH excluding ortho intramolecular Hbond substituents is 1. The van der Waals surface area contributed by atoms with E-state index in [0.717, 1.165) is 31.0 Å². The van der Waals surface area contributed by atoms with E-state index in [1.807, 2.05) is 0 Å². The molecule has 0 aliphatic carbocycles. The lowest BCUT2D eigenvalue weighted by Gasteiger charge is -2.32. The summed E-state index contributed by atoms with van der Waals surface area (Å²) in [6.45, 7) is 10.4. The standard InChI is InChI=1S/C16H26FNO/c1-5-15(6-2)18(10-12(3)4)11-13-7-14(17)9-16(19)8-13/h7-9,12,15,19H,5-6,10-11H2,1-4H3. The average molecular weight is 267 g/mol. The second-order valence-electron chi connectivity index (χ2n) is 5.61. The van der Waals surface area contributed by atoms with Crippen LogP contribution in [0.4, 0.5) is 4.39 Å². The molecule has 0 heterocycles. The summed E-state index contributed by atoms with van der Waals surface area (Å²) in [5.41, 5.74) is 0.838. The van der Waals surface area contributed by atoms with Crippen LogP contribution in [0.15, 0.2) is 18.2 Å². The third-order valence-corrected chi connectivity index (χ3v) is 3.39. The molecule has 2 nitrogen and oxygen atoms in total. The number of rotatable bonds is 7. The van der Waals surface area contributed by atoms with E-state index >= 15 is 0 Å². The molecule has 0 aliphatic heterocycles. The highest BCUT2D eigenvalue weighted by Gasteiger charge is 2.17. The fraction of sp³-hybridized carbons (Fsp3) is 0.625. The van der Waals surface area contributed by atoms with Gasteiger partial charge in [0.1, 0.15) is 11.6 Å². The fourth-order valence-electron chi connectivity index (χ4n) is 2.58. The lowest BCUT2D eigenvalue weighted by Crippen LogP contribution is -2.36. The number of halogens is 1. The molecule has 0 atom stereocenters. The summed E-state index contributed by atoms with van der Waals surface area (Å²) in [5.74, 6) is 0.204. The van der Waals surface area contributed by atoms with Crippen molar-refractivity contribution in [2.45, 2.75) is 53.1 Å². The topological polar surface area (TPSA) is 23.5 Å². The van der Waals surface area contributed by atoms with Crippen molar-refractivity contribution in [3.63, 3.8) is 0 Å². The zero-order chi connectivity index (χ0) is 14.4. The molecule has 1 rings (SSSR count). The largest absolute Gasteiger partial charge is 0.508 e. The van der Waals surface area contributed by atoms with Crippen LogP contribution in [0.5, 0.6) is 5.75 Å². The molecule has 0 spiro atoms. The van der Waals surface area contributed by atoms with E-state index in [1.54, 1.807) is 6.07 Å². The van der Waals surface area contributed by atoms with Gasteiger partial charge in [-0.3, -0.25) is 4.90 Å². The highest BCUT2D eigenvalue weighted by Crippen LogP contribution is 2.20. The molecule has 0 radical (unpaired) electrons. The van der Waals surface area contributed by atoms with E-state index in [4.69, 9.17) is 0 Å². The van der Waals surface area contributed by atoms with Crippen molar-refractivity contribution in [1.29, 1.82) is 0 Å². The molecule has 0 fully saturated rings. The molecule has 0 saturated carbocycles. The third kappa shape index (κ3) is 5.19. The zero-order valence-electron chi connectivity index (χ0n) is 12.5. The quantitative estimate of drug-likeness (QED) is 0.801. The lowest BCUT2D eigenvalue weighted by molar-refractivity contribution is 0.157. The van der Waals surface area contributed by atoms with Gasteiger partial charge in [0.05, 0.1) is 0 Å². The van der Waals surface area contributed by atoms with Gasteiger partial charge in [0.2, 0.25) is 0 Å². The summed E-state index contributed by atoms with van der Waals surface area (Å²) in [6, 6.07) is 4.81. The molecule has 0 amide bonds. The molecular formula is C16H26FNO. The van der Waals surface area contributed by atoms with Gasteiger partial charge in [-0.25, -0.2) is 4.39 Å².